The average molecular weight is 431 g/mol. The molecule has 9 heteroatoms. The molecule has 0 saturated carbocycles. The quantitative estimate of drug-likeness (QED) is 0.725. The van der Waals surface area contributed by atoms with Crippen LogP contribution in [-0.4, -0.2) is 53.1 Å². The molecule has 146 valence electrons. The highest BCUT2D eigenvalue weighted by atomic mass is 35.5. The number of rotatable bonds is 5. The zero-order valence-corrected chi connectivity index (χ0v) is 17.3. The Hall–Kier alpha value is -1.67. The lowest BCUT2D eigenvalue weighted by molar-refractivity contribution is 0.371. The van der Waals surface area contributed by atoms with Gasteiger partial charge in [0.1, 0.15) is 16.4 Å². The molecule has 0 amide bonds. The first-order valence-electron chi connectivity index (χ1n) is 8.29. The van der Waals surface area contributed by atoms with E-state index in [1.807, 2.05) is 24.3 Å². The van der Waals surface area contributed by atoms with Gasteiger partial charge in [0, 0.05) is 38.3 Å². The topological polar surface area (TPSA) is 59.1 Å². The number of hydrogen-bond acceptors (Lipinski definition) is 5. The van der Waals surface area contributed by atoms with Gasteiger partial charge in [-0.1, -0.05) is 35.3 Å². The second-order valence-electron chi connectivity index (χ2n) is 5.98. The summed E-state index contributed by atoms with van der Waals surface area (Å²) in [6.07, 6.45) is 0. The van der Waals surface area contributed by atoms with Crippen LogP contribution in [0, 0.1) is 0 Å². The number of halogens is 2. The predicted octanol–water partition coefficient (Wildman–Crippen LogP) is 3.52. The van der Waals surface area contributed by atoms with Gasteiger partial charge >= 0.3 is 0 Å². The van der Waals surface area contributed by atoms with Crippen molar-refractivity contribution in [2.75, 3.05) is 45.3 Å². The van der Waals surface area contributed by atoms with Crippen LogP contribution >= 0.6 is 23.2 Å². The van der Waals surface area contributed by atoms with Gasteiger partial charge in [-0.05, 0) is 12.1 Å². The number of piperazine rings is 1. The van der Waals surface area contributed by atoms with Gasteiger partial charge in [0.25, 0.3) is 0 Å². The molecule has 0 spiro atoms. The van der Waals surface area contributed by atoms with Crippen LogP contribution in [0.5, 0.6) is 11.5 Å². The van der Waals surface area contributed by atoms with Crippen LogP contribution in [0.2, 0.25) is 10.0 Å². The Morgan fingerprint density at radius 2 is 1.52 bits per heavy atom. The standard InChI is InChI=1S/C18H20Cl2N2O4S/c1-25-16-12-18(17(26-2)11-14(16)20)27(23,24)22-9-7-21(8-10-22)15-6-4-3-5-13(15)19/h3-6,11-12H,7-10H2,1-2H3. The number of anilines is 1. The van der Waals surface area contributed by atoms with Crippen LogP contribution in [0.1, 0.15) is 0 Å². The molecule has 27 heavy (non-hydrogen) atoms. The summed E-state index contributed by atoms with van der Waals surface area (Å²) in [7, 11) is -0.914. The van der Waals surface area contributed by atoms with E-state index in [1.54, 1.807) is 0 Å². The monoisotopic (exact) mass is 430 g/mol. The van der Waals surface area contributed by atoms with Crippen molar-refractivity contribution < 1.29 is 17.9 Å². The summed E-state index contributed by atoms with van der Waals surface area (Å²) >= 11 is 12.3. The fourth-order valence-electron chi connectivity index (χ4n) is 3.05. The Bertz CT molecular complexity index is 929. The molecule has 6 nitrogen and oxygen atoms in total. The first-order chi connectivity index (χ1) is 12.9. The molecule has 0 unspecified atom stereocenters. The summed E-state index contributed by atoms with van der Waals surface area (Å²) < 4.78 is 38.2. The molecule has 0 radical (unpaired) electrons. The Morgan fingerprint density at radius 1 is 0.889 bits per heavy atom. The Labute approximate surface area is 169 Å². The minimum absolute atomic E-state index is 0.0393. The van der Waals surface area contributed by atoms with Crippen molar-refractivity contribution in [2.45, 2.75) is 4.90 Å². The highest BCUT2D eigenvalue weighted by Crippen LogP contribution is 2.37. The molecule has 0 bridgehead atoms. The first kappa shape index (κ1) is 20.1. The van der Waals surface area contributed by atoms with Gasteiger partial charge in [0.2, 0.25) is 10.0 Å². The summed E-state index contributed by atoms with van der Waals surface area (Å²) in [5, 5.41) is 0.940. The molecule has 2 aromatic carbocycles. The van der Waals surface area contributed by atoms with Crippen molar-refractivity contribution in [3.63, 3.8) is 0 Å². The summed E-state index contributed by atoms with van der Waals surface area (Å²) in [5.41, 5.74) is 0.905. The highest BCUT2D eigenvalue weighted by Gasteiger charge is 2.32. The lowest BCUT2D eigenvalue weighted by Crippen LogP contribution is -2.48. The fraction of sp³-hybridized carbons (Fsp3) is 0.333. The van der Waals surface area contributed by atoms with Gasteiger partial charge in [0.05, 0.1) is 30.0 Å². The van der Waals surface area contributed by atoms with Crippen molar-refractivity contribution in [2.24, 2.45) is 0 Å². The number of benzene rings is 2. The van der Waals surface area contributed by atoms with Crippen molar-refractivity contribution in [3.8, 4) is 11.5 Å². The summed E-state index contributed by atoms with van der Waals surface area (Å²) in [6.45, 7) is 1.75. The third kappa shape index (κ3) is 3.96. The van der Waals surface area contributed by atoms with Crippen molar-refractivity contribution >= 4 is 38.9 Å². The van der Waals surface area contributed by atoms with Crippen LogP contribution < -0.4 is 14.4 Å². The minimum Gasteiger partial charge on any atom is -0.495 e. The van der Waals surface area contributed by atoms with E-state index in [9.17, 15) is 8.42 Å². The Kier molecular flexibility index (Phi) is 6.05. The molecular weight excluding hydrogens is 411 g/mol. The van der Waals surface area contributed by atoms with Gasteiger partial charge < -0.3 is 14.4 Å². The lowest BCUT2D eigenvalue weighted by atomic mass is 10.2. The van der Waals surface area contributed by atoms with E-state index in [0.717, 1.165) is 5.69 Å². The summed E-state index contributed by atoms with van der Waals surface area (Å²) in [6, 6.07) is 10.4. The molecular formula is C18H20Cl2N2O4S. The molecule has 1 fully saturated rings. The summed E-state index contributed by atoms with van der Waals surface area (Å²) in [4.78, 5) is 2.12. The molecule has 1 heterocycles. The fourth-order valence-corrected chi connectivity index (χ4v) is 5.11. The van der Waals surface area contributed by atoms with Gasteiger partial charge in [-0.3, -0.25) is 0 Å². The van der Waals surface area contributed by atoms with Crippen molar-refractivity contribution in [3.05, 3.63) is 46.4 Å². The molecule has 0 aliphatic carbocycles. The van der Waals surface area contributed by atoms with E-state index < -0.39 is 10.0 Å². The number of ether oxygens (including phenoxy) is 2. The number of hydrogen-bond donors (Lipinski definition) is 0. The normalized spacial score (nSPS) is 15.6. The van der Waals surface area contributed by atoms with E-state index in [4.69, 9.17) is 32.7 Å². The van der Waals surface area contributed by atoms with E-state index in [2.05, 4.69) is 4.90 Å². The maximum atomic E-state index is 13.2. The maximum absolute atomic E-state index is 13.2. The van der Waals surface area contributed by atoms with Crippen LogP contribution in [0.4, 0.5) is 5.69 Å². The molecule has 0 N–H and O–H groups in total. The van der Waals surface area contributed by atoms with Gasteiger partial charge in [0.15, 0.2) is 0 Å². The molecule has 0 aromatic heterocycles. The first-order valence-corrected chi connectivity index (χ1v) is 10.5. The number of nitrogens with zero attached hydrogens (tertiary/aromatic N) is 2. The zero-order valence-electron chi connectivity index (χ0n) is 15.0. The van der Waals surface area contributed by atoms with Gasteiger partial charge in [-0.15, -0.1) is 0 Å². The number of para-hydroxylation sites is 1. The minimum atomic E-state index is -3.76. The van der Waals surface area contributed by atoms with Crippen molar-refractivity contribution in [1.82, 2.24) is 4.31 Å². The van der Waals surface area contributed by atoms with Crippen LogP contribution in [0.3, 0.4) is 0 Å². The molecule has 1 aliphatic rings. The third-order valence-corrected chi connectivity index (χ3v) is 7.02. The van der Waals surface area contributed by atoms with E-state index in [0.29, 0.717) is 31.2 Å². The van der Waals surface area contributed by atoms with E-state index in [1.165, 1.54) is 30.7 Å². The predicted molar refractivity (Wildman–Crippen MR) is 107 cm³/mol. The van der Waals surface area contributed by atoms with E-state index >= 15 is 0 Å². The SMILES string of the molecule is COc1cc(S(=O)(=O)N2CCN(c3ccccc3Cl)CC2)c(OC)cc1Cl. The van der Waals surface area contributed by atoms with Crippen LogP contribution in [0.25, 0.3) is 0 Å². The summed E-state index contributed by atoms with van der Waals surface area (Å²) in [5.74, 6) is 0.472. The zero-order chi connectivity index (χ0) is 19.6. The largest absolute Gasteiger partial charge is 0.495 e. The number of sulfonamides is 1. The van der Waals surface area contributed by atoms with Gasteiger partial charge in [-0.25, -0.2) is 8.42 Å². The molecule has 3 rings (SSSR count). The Morgan fingerprint density at radius 3 is 2.11 bits per heavy atom. The third-order valence-electron chi connectivity index (χ3n) is 4.49. The van der Waals surface area contributed by atoms with Gasteiger partial charge in [-0.2, -0.15) is 4.31 Å². The average Bonchev–Trinajstić information content (AvgIpc) is 2.68. The molecule has 0 atom stereocenters. The van der Waals surface area contributed by atoms with Crippen molar-refractivity contribution in [1.29, 1.82) is 0 Å². The molecule has 1 aliphatic heterocycles. The molecule has 1 saturated heterocycles. The lowest BCUT2D eigenvalue weighted by Gasteiger charge is -2.36. The van der Waals surface area contributed by atoms with Crippen LogP contribution in [0.15, 0.2) is 41.3 Å². The molecule has 2 aromatic rings. The Balaban J connectivity index is 1.84. The second-order valence-corrected chi connectivity index (χ2v) is 8.70. The second kappa shape index (κ2) is 8.14. The highest BCUT2D eigenvalue weighted by molar-refractivity contribution is 7.89. The smallest absolute Gasteiger partial charge is 0.247 e. The number of methoxy groups -OCH3 is 2. The maximum Gasteiger partial charge on any atom is 0.247 e. The van der Waals surface area contributed by atoms with E-state index in [-0.39, 0.29) is 21.4 Å². The van der Waals surface area contributed by atoms with Crippen LogP contribution in [-0.2, 0) is 10.0 Å².